The monoisotopic (exact) mass is 289 g/mol. The molecule has 5 heteroatoms. The normalized spacial score (nSPS) is 21.0. The molecule has 0 radical (unpaired) electrons. The van der Waals surface area contributed by atoms with Crippen molar-refractivity contribution in [1.29, 1.82) is 0 Å². The van der Waals surface area contributed by atoms with E-state index in [1.807, 2.05) is 24.8 Å². The Morgan fingerprint density at radius 3 is 2.52 bits per heavy atom. The Labute approximate surface area is 124 Å². The van der Waals surface area contributed by atoms with Crippen LogP contribution in [0, 0.1) is 19.3 Å². The smallest absolute Gasteiger partial charge is 0.261 e. The second kappa shape index (κ2) is 5.30. The number of pyridine rings is 1. The molecule has 3 heterocycles. The van der Waals surface area contributed by atoms with Gasteiger partial charge in [-0.05, 0) is 56.7 Å². The van der Waals surface area contributed by atoms with E-state index in [2.05, 4.69) is 10.3 Å². The molecular weight excluding hydrogens is 266 g/mol. The molecule has 5 nitrogen and oxygen atoms in total. The molecule has 0 atom stereocenters. The Morgan fingerprint density at radius 1 is 1.24 bits per heavy atom. The van der Waals surface area contributed by atoms with E-state index in [9.17, 15) is 9.59 Å². The second-order valence-corrected chi connectivity index (χ2v) is 6.56. The van der Waals surface area contributed by atoms with Gasteiger partial charge >= 0.3 is 0 Å². The van der Waals surface area contributed by atoms with Crippen LogP contribution < -0.4 is 10.9 Å². The highest BCUT2D eigenvalue weighted by atomic mass is 16.2. The number of carbonyl (C=O) groups is 1. The highest BCUT2D eigenvalue weighted by molar-refractivity contribution is 5.95. The van der Waals surface area contributed by atoms with Gasteiger partial charge in [0.25, 0.3) is 11.5 Å². The van der Waals surface area contributed by atoms with Crippen molar-refractivity contribution in [2.24, 2.45) is 5.41 Å². The van der Waals surface area contributed by atoms with E-state index in [0.717, 1.165) is 50.3 Å². The SMILES string of the molecule is Cc1cc(C)c(C(=O)N2CCC3(CCNC3)CC2)c(=O)[nH]1. The Morgan fingerprint density at radius 2 is 1.95 bits per heavy atom. The zero-order valence-corrected chi connectivity index (χ0v) is 12.8. The molecule has 0 saturated carbocycles. The van der Waals surface area contributed by atoms with Crippen LogP contribution in [0.1, 0.15) is 40.9 Å². The van der Waals surface area contributed by atoms with Crippen molar-refractivity contribution in [3.8, 4) is 0 Å². The van der Waals surface area contributed by atoms with Crippen LogP contribution >= 0.6 is 0 Å². The van der Waals surface area contributed by atoms with Gasteiger partial charge in [0.1, 0.15) is 5.56 Å². The highest BCUT2D eigenvalue weighted by Crippen LogP contribution is 2.37. The summed E-state index contributed by atoms with van der Waals surface area (Å²) < 4.78 is 0. The van der Waals surface area contributed by atoms with Gasteiger partial charge in [-0.15, -0.1) is 0 Å². The third kappa shape index (κ3) is 2.62. The van der Waals surface area contributed by atoms with Crippen molar-refractivity contribution in [2.75, 3.05) is 26.2 Å². The highest BCUT2D eigenvalue weighted by Gasteiger charge is 2.38. The first-order chi connectivity index (χ1) is 10.0. The number of piperidine rings is 1. The molecule has 1 aromatic rings. The van der Waals surface area contributed by atoms with Crippen LogP contribution in [0.25, 0.3) is 0 Å². The molecule has 1 aromatic heterocycles. The summed E-state index contributed by atoms with van der Waals surface area (Å²) >= 11 is 0. The Kier molecular flexibility index (Phi) is 3.61. The lowest BCUT2D eigenvalue weighted by atomic mass is 9.77. The van der Waals surface area contributed by atoms with Crippen molar-refractivity contribution in [3.63, 3.8) is 0 Å². The number of nitrogens with zero attached hydrogens (tertiary/aromatic N) is 1. The molecule has 2 saturated heterocycles. The summed E-state index contributed by atoms with van der Waals surface area (Å²) in [7, 11) is 0. The van der Waals surface area contributed by atoms with Gasteiger partial charge in [0.2, 0.25) is 0 Å². The zero-order valence-electron chi connectivity index (χ0n) is 12.8. The predicted octanol–water partition coefficient (Wildman–Crippen LogP) is 1.21. The first kappa shape index (κ1) is 14.3. The number of aromatic amines is 1. The van der Waals surface area contributed by atoms with Crippen molar-refractivity contribution in [3.05, 3.63) is 33.2 Å². The van der Waals surface area contributed by atoms with E-state index in [1.54, 1.807) is 0 Å². The summed E-state index contributed by atoms with van der Waals surface area (Å²) in [6.07, 6.45) is 3.28. The summed E-state index contributed by atoms with van der Waals surface area (Å²) in [5, 5.41) is 3.42. The van der Waals surface area contributed by atoms with E-state index in [-0.39, 0.29) is 11.5 Å². The van der Waals surface area contributed by atoms with Gasteiger partial charge < -0.3 is 15.2 Å². The van der Waals surface area contributed by atoms with Crippen LogP contribution in [-0.4, -0.2) is 42.0 Å². The number of rotatable bonds is 1. The van der Waals surface area contributed by atoms with Gasteiger partial charge in [-0.2, -0.15) is 0 Å². The summed E-state index contributed by atoms with van der Waals surface area (Å²) in [6, 6.07) is 1.86. The van der Waals surface area contributed by atoms with Crippen molar-refractivity contribution in [2.45, 2.75) is 33.1 Å². The Hall–Kier alpha value is -1.62. The van der Waals surface area contributed by atoms with E-state index < -0.39 is 0 Å². The molecule has 2 aliphatic heterocycles. The lowest BCUT2D eigenvalue weighted by Crippen LogP contribution is -2.45. The minimum Gasteiger partial charge on any atom is -0.338 e. The molecule has 2 aliphatic rings. The largest absolute Gasteiger partial charge is 0.338 e. The van der Waals surface area contributed by atoms with Crippen molar-refractivity contribution >= 4 is 5.91 Å². The fraction of sp³-hybridized carbons (Fsp3) is 0.625. The minimum absolute atomic E-state index is 0.116. The zero-order chi connectivity index (χ0) is 15.0. The fourth-order valence-corrected chi connectivity index (χ4v) is 3.68. The number of carbonyl (C=O) groups excluding carboxylic acids is 1. The van der Waals surface area contributed by atoms with Gasteiger partial charge in [-0.25, -0.2) is 0 Å². The molecule has 2 N–H and O–H groups in total. The maximum atomic E-state index is 12.6. The van der Waals surface area contributed by atoms with Gasteiger partial charge in [-0.3, -0.25) is 9.59 Å². The maximum absolute atomic E-state index is 12.6. The molecule has 1 amide bonds. The Balaban J connectivity index is 1.77. The van der Waals surface area contributed by atoms with Gasteiger partial charge in [0, 0.05) is 25.3 Å². The maximum Gasteiger partial charge on any atom is 0.261 e. The molecule has 0 aliphatic carbocycles. The van der Waals surface area contributed by atoms with Crippen LogP contribution in [0.2, 0.25) is 0 Å². The number of aryl methyl sites for hydroxylation is 2. The number of nitrogens with one attached hydrogen (secondary N) is 2. The summed E-state index contributed by atoms with van der Waals surface area (Å²) in [6.45, 7) is 7.34. The number of amides is 1. The molecule has 114 valence electrons. The first-order valence-electron chi connectivity index (χ1n) is 7.71. The topological polar surface area (TPSA) is 65.2 Å². The number of hydrogen-bond donors (Lipinski definition) is 2. The fourth-order valence-electron chi connectivity index (χ4n) is 3.68. The number of likely N-dealkylation sites (tertiary alicyclic amines) is 1. The summed E-state index contributed by atoms with van der Waals surface area (Å²) in [5.41, 5.74) is 1.99. The van der Waals surface area contributed by atoms with Crippen LogP contribution in [0.4, 0.5) is 0 Å². The molecule has 3 rings (SSSR count). The average Bonchev–Trinajstić information content (AvgIpc) is 2.86. The van der Waals surface area contributed by atoms with E-state index in [4.69, 9.17) is 0 Å². The Bertz CT molecular complexity index is 604. The van der Waals surface area contributed by atoms with E-state index >= 15 is 0 Å². The average molecular weight is 289 g/mol. The van der Waals surface area contributed by atoms with Gasteiger partial charge in [0.05, 0.1) is 0 Å². The predicted molar refractivity (Wildman–Crippen MR) is 81.6 cm³/mol. The standard InChI is InChI=1S/C16H23N3O2/c1-11-9-12(2)18-14(20)13(11)15(21)19-7-4-16(5-8-19)3-6-17-10-16/h9,17H,3-8,10H2,1-2H3,(H,18,20). The van der Waals surface area contributed by atoms with Crippen molar-refractivity contribution in [1.82, 2.24) is 15.2 Å². The first-order valence-corrected chi connectivity index (χ1v) is 7.71. The number of aromatic nitrogens is 1. The molecule has 0 bridgehead atoms. The van der Waals surface area contributed by atoms with Gasteiger partial charge in [0.15, 0.2) is 0 Å². The molecule has 0 aromatic carbocycles. The van der Waals surface area contributed by atoms with Gasteiger partial charge in [-0.1, -0.05) is 0 Å². The number of H-pyrrole nitrogens is 1. The molecule has 0 unspecified atom stereocenters. The van der Waals surface area contributed by atoms with Crippen LogP contribution in [0.15, 0.2) is 10.9 Å². The second-order valence-electron chi connectivity index (χ2n) is 6.56. The van der Waals surface area contributed by atoms with E-state index in [0.29, 0.717) is 11.0 Å². The summed E-state index contributed by atoms with van der Waals surface area (Å²) in [5.74, 6) is -0.116. The number of hydrogen-bond acceptors (Lipinski definition) is 3. The molecule has 2 fully saturated rings. The molecular formula is C16H23N3O2. The third-order valence-corrected chi connectivity index (χ3v) is 5.02. The van der Waals surface area contributed by atoms with Crippen LogP contribution in [0.5, 0.6) is 0 Å². The lowest BCUT2D eigenvalue weighted by Gasteiger charge is -2.38. The minimum atomic E-state index is -0.264. The molecule has 21 heavy (non-hydrogen) atoms. The lowest BCUT2D eigenvalue weighted by molar-refractivity contribution is 0.0605. The summed E-state index contributed by atoms with van der Waals surface area (Å²) in [4.78, 5) is 29.3. The third-order valence-electron chi connectivity index (χ3n) is 5.02. The molecule has 1 spiro atoms. The van der Waals surface area contributed by atoms with Crippen molar-refractivity contribution < 1.29 is 4.79 Å². The van der Waals surface area contributed by atoms with Crippen LogP contribution in [-0.2, 0) is 0 Å². The quantitative estimate of drug-likeness (QED) is 0.816. The van der Waals surface area contributed by atoms with Crippen LogP contribution in [0.3, 0.4) is 0 Å². The van der Waals surface area contributed by atoms with E-state index in [1.165, 1.54) is 6.42 Å².